The fourth-order valence-electron chi connectivity index (χ4n) is 2.50. The molecule has 0 aliphatic carbocycles. The highest BCUT2D eigenvalue weighted by Gasteiger charge is 2.27. The van der Waals surface area contributed by atoms with Crippen molar-refractivity contribution in [2.75, 3.05) is 5.73 Å². The molecule has 0 atom stereocenters. The normalized spacial score (nSPS) is 16.0. The molecule has 0 saturated heterocycles. The van der Waals surface area contributed by atoms with Crippen LogP contribution < -0.4 is 10.5 Å². The van der Waals surface area contributed by atoms with E-state index in [9.17, 15) is 5.11 Å². The van der Waals surface area contributed by atoms with E-state index in [0.717, 1.165) is 22.4 Å². The van der Waals surface area contributed by atoms with Crippen LogP contribution in [-0.2, 0) is 0 Å². The van der Waals surface area contributed by atoms with E-state index in [1.54, 1.807) is 12.1 Å². The number of fused-ring (bicyclic) bond motifs is 1. The number of ether oxygens (including phenoxy) is 1. The topological polar surface area (TPSA) is 55.5 Å². The highest BCUT2D eigenvalue weighted by Crippen LogP contribution is 2.41. The van der Waals surface area contributed by atoms with Crippen LogP contribution in [0.1, 0.15) is 25.0 Å². The Morgan fingerprint density at radius 3 is 2.65 bits per heavy atom. The Labute approximate surface area is 118 Å². The van der Waals surface area contributed by atoms with Crippen LogP contribution >= 0.6 is 0 Å². The number of nitrogens with two attached hydrogens (primary N) is 1. The van der Waals surface area contributed by atoms with Crippen LogP contribution in [0.5, 0.6) is 11.5 Å². The SMILES string of the molecule is CC1(C)C=C(c2cccc(N)c2)c2ccc(O)cc2O1. The van der Waals surface area contributed by atoms with Gasteiger partial charge in [0.1, 0.15) is 17.1 Å². The molecule has 20 heavy (non-hydrogen) atoms. The predicted molar refractivity (Wildman–Crippen MR) is 80.7 cm³/mol. The number of hydrogen-bond donors (Lipinski definition) is 2. The van der Waals surface area contributed by atoms with E-state index in [4.69, 9.17) is 10.5 Å². The third-order valence-electron chi connectivity index (χ3n) is 3.32. The lowest BCUT2D eigenvalue weighted by Crippen LogP contribution is -2.29. The van der Waals surface area contributed by atoms with Gasteiger partial charge in [-0.15, -0.1) is 0 Å². The molecule has 0 spiro atoms. The number of aromatic hydroxyl groups is 1. The maximum atomic E-state index is 9.64. The molecule has 0 aromatic heterocycles. The summed E-state index contributed by atoms with van der Waals surface area (Å²) in [6, 6.07) is 13.0. The molecule has 3 N–H and O–H groups in total. The molecule has 1 aliphatic rings. The maximum Gasteiger partial charge on any atom is 0.132 e. The number of hydrogen-bond acceptors (Lipinski definition) is 3. The van der Waals surface area contributed by atoms with Crippen LogP contribution in [0.25, 0.3) is 5.57 Å². The lowest BCUT2D eigenvalue weighted by Gasteiger charge is -2.31. The third-order valence-corrected chi connectivity index (χ3v) is 3.32. The second-order valence-corrected chi connectivity index (χ2v) is 5.57. The number of nitrogen functional groups attached to an aromatic ring is 1. The van der Waals surface area contributed by atoms with Gasteiger partial charge in [-0.05, 0) is 55.3 Å². The molecule has 0 bridgehead atoms. The van der Waals surface area contributed by atoms with Gasteiger partial charge in [-0.1, -0.05) is 12.1 Å². The van der Waals surface area contributed by atoms with Crippen LogP contribution in [0, 0.1) is 0 Å². The Balaban J connectivity index is 2.20. The second kappa shape index (κ2) is 4.30. The van der Waals surface area contributed by atoms with Gasteiger partial charge >= 0.3 is 0 Å². The number of anilines is 1. The summed E-state index contributed by atoms with van der Waals surface area (Å²) in [5, 5.41) is 9.64. The largest absolute Gasteiger partial charge is 0.508 e. The second-order valence-electron chi connectivity index (χ2n) is 5.57. The van der Waals surface area contributed by atoms with Gasteiger partial charge in [-0.25, -0.2) is 0 Å². The Morgan fingerprint density at radius 1 is 1.10 bits per heavy atom. The Bertz CT molecular complexity index is 702. The average Bonchev–Trinajstić information content (AvgIpc) is 2.36. The maximum absolute atomic E-state index is 9.64. The molecular formula is C17H17NO2. The van der Waals surface area contributed by atoms with E-state index >= 15 is 0 Å². The van der Waals surface area contributed by atoms with Crippen molar-refractivity contribution in [2.24, 2.45) is 0 Å². The molecule has 102 valence electrons. The van der Waals surface area contributed by atoms with Crippen molar-refractivity contribution in [3.8, 4) is 11.5 Å². The first-order valence-corrected chi connectivity index (χ1v) is 6.56. The standard InChI is InChI=1S/C17H17NO2/c1-17(2)10-15(11-4-3-5-12(18)8-11)14-7-6-13(19)9-16(14)20-17/h3-10,19H,18H2,1-2H3. The Hall–Kier alpha value is -2.42. The fourth-order valence-corrected chi connectivity index (χ4v) is 2.50. The van der Waals surface area contributed by atoms with Gasteiger partial charge in [0.25, 0.3) is 0 Å². The Kier molecular flexibility index (Phi) is 2.71. The minimum Gasteiger partial charge on any atom is -0.508 e. The van der Waals surface area contributed by atoms with Crippen molar-refractivity contribution in [1.82, 2.24) is 0 Å². The third kappa shape index (κ3) is 2.23. The van der Waals surface area contributed by atoms with E-state index < -0.39 is 5.60 Å². The number of benzene rings is 2. The zero-order chi connectivity index (χ0) is 14.3. The molecule has 0 amide bonds. The fraction of sp³-hybridized carbons (Fsp3) is 0.176. The zero-order valence-corrected chi connectivity index (χ0v) is 11.6. The smallest absolute Gasteiger partial charge is 0.132 e. The van der Waals surface area contributed by atoms with Crippen LogP contribution in [0.2, 0.25) is 0 Å². The van der Waals surface area contributed by atoms with E-state index in [1.807, 2.05) is 44.2 Å². The number of phenolic OH excluding ortho intramolecular Hbond substituents is 1. The van der Waals surface area contributed by atoms with Crippen molar-refractivity contribution in [2.45, 2.75) is 19.4 Å². The van der Waals surface area contributed by atoms with E-state index in [2.05, 4.69) is 6.08 Å². The molecule has 3 nitrogen and oxygen atoms in total. The quantitative estimate of drug-likeness (QED) is 0.776. The molecule has 1 aliphatic heterocycles. The van der Waals surface area contributed by atoms with E-state index in [0.29, 0.717) is 5.75 Å². The summed E-state index contributed by atoms with van der Waals surface area (Å²) >= 11 is 0. The summed E-state index contributed by atoms with van der Waals surface area (Å²) in [5.74, 6) is 0.892. The minimum absolute atomic E-state index is 0.202. The van der Waals surface area contributed by atoms with Crippen LogP contribution in [0.15, 0.2) is 48.5 Å². The van der Waals surface area contributed by atoms with Crippen molar-refractivity contribution < 1.29 is 9.84 Å². The summed E-state index contributed by atoms with van der Waals surface area (Å²) in [4.78, 5) is 0. The van der Waals surface area contributed by atoms with Crippen molar-refractivity contribution in [3.63, 3.8) is 0 Å². The zero-order valence-electron chi connectivity index (χ0n) is 11.6. The highest BCUT2D eigenvalue weighted by atomic mass is 16.5. The van der Waals surface area contributed by atoms with Gasteiger partial charge in [0.2, 0.25) is 0 Å². The van der Waals surface area contributed by atoms with E-state index in [1.165, 1.54) is 0 Å². The summed E-state index contributed by atoms with van der Waals surface area (Å²) < 4.78 is 5.91. The highest BCUT2D eigenvalue weighted by molar-refractivity contribution is 5.85. The monoisotopic (exact) mass is 267 g/mol. The molecule has 0 radical (unpaired) electrons. The van der Waals surface area contributed by atoms with Gasteiger partial charge in [0.05, 0.1) is 0 Å². The van der Waals surface area contributed by atoms with Gasteiger partial charge in [-0.2, -0.15) is 0 Å². The molecule has 0 saturated carbocycles. The van der Waals surface area contributed by atoms with Gasteiger partial charge < -0.3 is 15.6 Å². The molecule has 2 aromatic carbocycles. The minimum atomic E-state index is -0.430. The number of rotatable bonds is 1. The average molecular weight is 267 g/mol. The Morgan fingerprint density at radius 2 is 1.90 bits per heavy atom. The summed E-state index contributed by atoms with van der Waals surface area (Å²) in [7, 11) is 0. The van der Waals surface area contributed by atoms with Crippen LogP contribution in [0.3, 0.4) is 0 Å². The first-order valence-electron chi connectivity index (χ1n) is 6.56. The van der Waals surface area contributed by atoms with Gasteiger partial charge in [0, 0.05) is 17.3 Å². The lowest BCUT2D eigenvalue weighted by atomic mass is 9.90. The molecule has 2 aromatic rings. The lowest BCUT2D eigenvalue weighted by molar-refractivity contribution is 0.157. The van der Waals surface area contributed by atoms with Crippen molar-refractivity contribution >= 4 is 11.3 Å². The summed E-state index contributed by atoms with van der Waals surface area (Å²) in [6.07, 6.45) is 2.08. The molecular weight excluding hydrogens is 250 g/mol. The molecule has 0 fully saturated rings. The van der Waals surface area contributed by atoms with Crippen LogP contribution in [-0.4, -0.2) is 10.7 Å². The predicted octanol–water partition coefficient (Wildman–Crippen LogP) is 3.58. The van der Waals surface area contributed by atoms with E-state index in [-0.39, 0.29) is 5.75 Å². The van der Waals surface area contributed by atoms with Crippen molar-refractivity contribution in [1.29, 1.82) is 0 Å². The first-order chi connectivity index (χ1) is 9.44. The van der Waals surface area contributed by atoms with Gasteiger partial charge in [-0.3, -0.25) is 0 Å². The molecule has 1 heterocycles. The molecule has 3 rings (SSSR count). The first kappa shape index (κ1) is 12.6. The van der Waals surface area contributed by atoms with Crippen molar-refractivity contribution in [3.05, 3.63) is 59.7 Å². The summed E-state index contributed by atoms with van der Waals surface area (Å²) in [6.45, 7) is 3.98. The van der Waals surface area contributed by atoms with Gasteiger partial charge in [0.15, 0.2) is 0 Å². The summed E-state index contributed by atoms with van der Waals surface area (Å²) in [5.41, 5.74) is 9.27. The molecule has 0 unspecified atom stereocenters. The van der Waals surface area contributed by atoms with Crippen LogP contribution in [0.4, 0.5) is 5.69 Å². The number of phenols is 1. The molecule has 3 heteroatoms.